The second kappa shape index (κ2) is 15.7. The predicted molar refractivity (Wildman–Crippen MR) is 9.09 cm³/mol. The fraction of sp³-hybridized carbons (Fsp3) is 0. The van der Waals surface area contributed by atoms with Gasteiger partial charge in [-0.3, -0.25) is 0 Å². The summed E-state index contributed by atoms with van der Waals surface area (Å²) >= 11 is 0. The first-order chi connectivity index (χ1) is 0. The van der Waals surface area contributed by atoms with Gasteiger partial charge in [-0.25, -0.2) is 0 Å². The molecule has 0 aromatic carbocycles. The molecule has 4 heavy (non-hydrogen) atoms. The Balaban J connectivity index is 0. The van der Waals surface area contributed by atoms with Crippen molar-refractivity contribution in [3.05, 3.63) is 0 Å². The standard InChI is InChI=1S/Ca.Cu.K.Zn.3H/q+2;;+1;;3*-1. The number of hydrogen-bond donors (Lipinski definition) is 0. The van der Waals surface area contributed by atoms with Crippen LogP contribution in [-0.4, -0.2) is 37.7 Å². The molecule has 0 atom stereocenters. The van der Waals surface area contributed by atoms with E-state index in [2.05, 4.69) is 0 Å². The van der Waals surface area contributed by atoms with Gasteiger partial charge in [0.05, 0.1) is 0 Å². The molecule has 0 unspecified atom stereocenters. The molecule has 0 saturated heterocycles. The van der Waals surface area contributed by atoms with E-state index in [1.807, 2.05) is 0 Å². The van der Waals surface area contributed by atoms with E-state index in [4.69, 9.17) is 0 Å². The summed E-state index contributed by atoms with van der Waals surface area (Å²) in [5.41, 5.74) is 0. The zero-order chi connectivity index (χ0) is 0. The third-order valence-electron chi connectivity index (χ3n) is 0. The maximum absolute atomic E-state index is 0. The van der Waals surface area contributed by atoms with E-state index >= 15 is 0 Å². The summed E-state index contributed by atoms with van der Waals surface area (Å²) in [5, 5.41) is 0. The van der Waals surface area contributed by atoms with Gasteiger partial charge in [0.1, 0.15) is 0 Å². The van der Waals surface area contributed by atoms with Crippen molar-refractivity contribution in [2.45, 2.75) is 0 Å². The Labute approximate surface area is 126 Å². The topological polar surface area (TPSA) is 0 Å². The van der Waals surface area contributed by atoms with Crippen LogP contribution in [0.4, 0.5) is 0 Å². The SMILES string of the molecule is [Ca+2].[Cu].[H-].[H-].[H-].[K+].[Zn]. The molecule has 0 spiro atoms. The Bertz CT molecular complexity index is 14.9. The second-order valence-electron chi connectivity index (χ2n) is 0. The zero-order valence-corrected chi connectivity index (χ0v) is 12.0. The molecule has 4 heteroatoms. The maximum Gasteiger partial charge on any atom is 2.00 e. The van der Waals surface area contributed by atoms with Gasteiger partial charge in [-0.05, 0) is 0 Å². The molecule has 0 rings (SSSR count). The van der Waals surface area contributed by atoms with Gasteiger partial charge in [0.2, 0.25) is 0 Å². The van der Waals surface area contributed by atoms with Crippen molar-refractivity contribution in [2.24, 2.45) is 0 Å². The molecule has 0 aliphatic carbocycles. The minimum atomic E-state index is 0. The normalized spacial score (nSPS) is 0. The fourth-order valence-corrected chi connectivity index (χ4v) is 0. The van der Waals surface area contributed by atoms with Crippen LogP contribution in [0.2, 0.25) is 0 Å². The van der Waals surface area contributed by atoms with Gasteiger partial charge in [-0.2, -0.15) is 0 Å². The van der Waals surface area contributed by atoms with Crippen LogP contribution in [0.15, 0.2) is 0 Å². The number of hydrogen-bond acceptors (Lipinski definition) is 0. The Kier molecular flexibility index (Phi) is 96.1. The summed E-state index contributed by atoms with van der Waals surface area (Å²) in [6.45, 7) is 0. The van der Waals surface area contributed by atoms with E-state index in [-0.39, 0.29) is 130 Å². The van der Waals surface area contributed by atoms with E-state index in [1.54, 1.807) is 0 Å². The van der Waals surface area contributed by atoms with Crippen LogP contribution in [0.3, 0.4) is 0 Å². The molecule has 1 radical (unpaired) electrons. The van der Waals surface area contributed by atoms with Crippen LogP contribution >= 0.6 is 0 Å². The first-order valence-corrected chi connectivity index (χ1v) is 0. The van der Waals surface area contributed by atoms with Gasteiger partial charge in [0.15, 0.2) is 0 Å². The largest absolute Gasteiger partial charge is 2.00 e. The molecule has 0 nitrogen and oxygen atoms in total. The van der Waals surface area contributed by atoms with Crippen LogP contribution in [0.1, 0.15) is 4.28 Å². The first kappa shape index (κ1) is 24.4. The Morgan fingerprint density at radius 1 is 1.25 bits per heavy atom. The zero-order valence-electron chi connectivity index (χ0n) is 5.72. The summed E-state index contributed by atoms with van der Waals surface area (Å²) < 4.78 is 0. The molecule has 0 heterocycles. The summed E-state index contributed by atoms with van der Waals surface area (Å²) in [5.74, 6) is 0. The van der Waals surface area contributed by atoms with E-state index < -0.39 is 0 Å². The van der Waals surface area contributed by atoms with Crippen molar-refractivity contribution in [1.82, 2.24) is 0 Å². The molecule has 0 aromatic heterocycles. The average molecular weight is 211 g/mol. The third kappa shape index (κ3) is 9.40. The summed E-state index contributed by atoms with van der Waals surface area (Å²) in [4.78, 5) is 0. The molecule has 0 aliphatic rings. The Morgan fingerprint density at radius 3 is 1.25 bits per heavy atom. The van der Waals surface area contributed by atoms with Gasteiger partial charge >= 0.3 is 89.1 Å². The maximum atomic E-state index is 0. The Hall–Kier alpha value is 4.04. The van der Waals surface area contributed by atoms with Gasteiger partial charge in [0, 0.05) is 36.5 Å². The summed E-state index contributed by atoms with van der Waals surface area (Å²) in [6, 6.07) is 0. The van der Waals surface area contributed by atoms with Crippen molar-refractivity contribution in [3.63, 3.8) is 0 Å². The van der Waals surface area contributed by atoms with Crippen molar-refractivity contribution in [3.8, 4) is 0 Å². The monoisotopic (exact) mass is 209 g/mol. The van der Waals surface area contributed by atoms with Crippen LogP contribution in [0, 0.1) is 0 Å². The Morgan fingerprint density at radius 2 is 1.25 bits per heavy atom. The molecule has 0 N–H and O–H groups in total. The molecule has 0 saturated carbocycles. The smallest absolute Gasteiger partial charge is 1.00 e. The summed E-state index contributed by atoms with van der Waals surface area (Å²) in [6.07, 6.45) is 0. The molecular weight excluding hydrogens is 208 g/mol. The molecular formula is H3CaCuKZn. The molecule has 0 amide bonds. The second-order valence-corrected chi connectivity index (χ2v) is 0. The van der Waals surface area contributed by atoms with Crippen LogP contribution in [-0.2, 0) is 36.5 Å². The van der Waals surface area contributed by atoms with Crippen LogP contribution < -0.4 is 51.4 Å². The molecule has 0 bridgehead atoms. The predicted octanol–water partition coefficient (Wildman–Crippen LogP) is -3.04. The van der Waals surface area contributed by atoms with E-state index in [0.29, 0.717) is 0 Å². The van der Waals surface area contributed by atoms with Gasteiger partial charge < -0.3 is 4.28 Å². The van der Waals surface area contributed by atoms with Gasteiger partial charge in [-0.15, -0.1) is 0 Å². The summed E-state index contributed by atoms with van der Waals surface area (Å²) in [7, 11) is 0. The van der Waals surface area contributed by atoms with Crippen molar-refractivity contribution >= 4 is 37.7 Å². The van der Waals surface area contributed by atoms with Gasteiger partial charge in [-0.1, -0.05) is 0 Å². The average Bonchev–Trinajstić information content (AvgIpc) is 0. The van der Waals surface area contributed by atoms with E-state index in [9.17, 15) is 0 Å². The minimum Gasteiger partial charge on any atom is -1.00 e. The quantitative estimate of drug-likeness (QED) is 0.374. The number of rotatable bonds is 0. The van der Waals surface area contributed by atoms with Crippen molar-refractivity contribution in [1.29, 1.82) is 0 Å². The van der Waals surface area contributed by atoms with Crippen LogP contribution in [0.5, 0.6) is 0 Å². The first-order valence-electron chi connectivity index (χ1n) is 0. The molecule has 0 aliphatic heterocycles. The molecule has 19 valence electrons. The minimum absolute atomic E-state index is 0. The van der Waals surface area contributed by atoms with Crippen molar-refractivity contribution < 1.29 is 92.2 Å². The van der Waals surface area contributed by atoms with E-state index in [0.717, 1.165) is 0 Å². The fourth-order valence-electron chi connectivity index (χ4n) is 0. The molecule has 0 fully saturated rings. The van der Waals surface area contributed by atoms with Crippen LogP contribution in [0.25, 0.3) is 0 Å². The molecule has 0 aromatic rings. The van der Waals surface area contributed by atoms with Gasteiger partial charge in [0.25, 0.3) is 0 Å². The van der Waals surface area contributed by atoms with E-state index in [1.165, 1.54) is 0 Å². The third-order valence-corrected chi connectivity index (χ3v) is 0. The van der Waals surface area contributed by atoms with Crippen molar-refractivity contribution in [2.75, 3.05) is 0 Å².